The Hall–Kier alpha value is 5.74. The van der Waals surface area contributed by atoms with Crippen molar-refractivity contribution in [3.63, 3.8) is 0 Å². The van der Waals surface area contributed by atoms with Crippen molar-refractivity contribution in [3.05, 3.63) is 71.8 Å². The average molecular weight is 1310 g/mol. The van der Waals surface area contributed by atoms with Crippen LogP contribution < -0.4 is 12.4 Å². The van der Waals surface area contributed by atoms with Gasteiger partial charge in [-0.05, 0) is 12.6 Å². The SMILES string of the molecule is CN1CSCSC1.C[N+]1(Cc2ccccc2)CSCSC1.ClCc1ccccc1.[Cl-].[I][V]([I])[I].[I][V][I].[V]. The van der Waals surface area contributed by atoms with Crippen LogP contribution in [-0.4, -0.2) is 57.2 Å². The fourth-order valence-electron chi connectivity index (χ4n) is 2.78. The molecular formula is C22H32Cl2I5N2S4V3. The predicted octanol–water partition coefficient (Wildman–Crippen LogP) is 8.11. The van der Waals surface area contributed by atoms with E-state index < -0.39 is 0 Å². The van der Waals surface area contributed by atoms with Gasteiger partial charge < -0.3 is 16.9 Å². The van der Waals surface area contributed by atoms with Gasteiger partial charge >= 0.3 is 114 Å². The molecule has 4 rings (SSSR count). The number of benzene rings is 2. The van der Waals surface area contributed by atoms with E-state index in [1.54, 1.807) is 0 Å². The molecule has 0 unspecified atom stereocenters. The molecule has 2 aromatic carbocycles. The van der Waals surface area contributed by atoms with Crippen LogP contribution in [0.5, 0.6) is 0 Å². The second-order valence-electron chi connectivity index (χ2n) is 7.56. The Morgan fingerprint density at radius 2 is 1.21 bits per heavy atom. The molecule has 2 saturated heterocycles. The largest absolute Gasteiger partial charge is 0 e. The summed E-state index contributed by atoms with van der Waals surface area (Å²) in [5.41, 5.74) is 2.63. The van der Waals surface area contributed by atoms with Crippen LogP contribution in [0.3, 0.4) is 0 Å². The fourth-order valence-corrected chi connectivity index (χ4v) is 7.37. The first-order valence-corrected chi connectivity index (χ1v) is 38.1. The Bertz CT molecular complexity index is 743. The van der Waals surface area contributed by atoms with E-state index in [9.17, 15) is 0 Å². The molecule has 2 aliphatic rings. The molecule has 0 aromatic heterocycles. The van der Waals surface area contributed by atoms with Gasteiger partial charge in [-0.2, -0.15) is 0 Å². The molecular weight excluding hydrogens is 1280 g/mol. The molecule has 0 aliphatic carbocycles. The second kappa shape index (κ2) is 34.1. The van der Waals surface area contributed by atoms with Crippen molar-refractivity contribution in [3.8, 4) is 0 Å². The van der Waals surface area contributed by atoms with Crippen molar-refractivity contribution in [2.24, 2.45) is 0 Å². The number of quaternary nitrogens is 1. The first-order chi connectivity index (χ1) is 17.3. The van der Waals surface area contributed by atoms with Gasteiger partial charge in [-0.3, -0.25) is 4.90 Å². The van der Waals surface area contributed by atoms with Crippen molar-refractivity contribution in [2.75, 3.05) is 47.8 Å². The number of alkyl halides is 1. The summed E-state index contributed by atoms with van der Waals surface area (Å²) < 4.78 is 1.17. The summed E-state index contributed by atoms with van der Waals surface area (Å²) in [6, 6.07) is 20.8. The minimum atomic E-state index is -0.278. The van der Waals surface area contributed by atoms with Crippen LogP contribution in [0.4, 0.5) is 0 Å². The van der Waals surface area contributed by atoms with Crippen molar-refractivity contribution in [1.82, 2.24) is 4.90 Å². The molecule has 0 atom stereocenters. The molecule has 0 N–H and O–H groups in total. The second-order valence-corrected chi connectivity index (χ2v) is 59.5. The minimum Gasteiger partial charge on any atom is 0 e. The molecule has 1 radical (unpaired) electrons. The number of nitrogens with zero attached hydrogens (tertiary/aromatic N) is 2. The van der Waals surface area contributed by atoms with E-state index in [1.807, 2.05) is 53.9 Å². The molecule has 0 spiro atoms. The third-order valence-electron chi connectivity index (χ3n) is 4.17. The van der Waals surface area contributed by atoms with Crippen molar-refractivity contribution in [1.29, 1.82) is 0 Å². The van der Waals surface area contributed by atoms with Gasteiger partial charge in [-0.15, -0.1) is 35.1 Å². The fraction of sp³-hybridized carbons (Fsp3) is 0.455. The first-order valence-electron chi connectivity index (χ1n) is 10.4. The molecule has 2 aliphatic heterocycles. The van der Waals surface area contributed by atoms with E-state index in [4.69, 9.17) is 11.6 Å². The zero-order valence-electron chi connectivity index (χ0n) is 20.9. The van der Waals surface area contributed by atoms with Gasteiger partial charge in [0.05, 0.1) is 7.05 Å². The quantitative estimate of drug-likeness (QED) is 0.173. The van der Waals surface area contributed by atoms with Crippen molar-refractivity contribution in [2.45, 2.75) is 12.4 Å². The van der Waals surface area contributed by atoms with E-state index in [-0.39, 0.29) is 35.9 Å². The van der Waals surface area contributed by atoms with E-state index >= 15 is 0 Å². The number of hydrogen-bond donors (Lipinski definition) is 0. The third kappa shape index (κ3) is 31.7. The van der Waals surface area contributed by atoms with E-state index in [0.29, 0.717) is 15.3 Å². The Morgan fingerprint density at radius 3 is 1.53 bits per heavy atom. The van der Waals surface area contributed by atoms with Crippen LogP contribution in [0.1, 0.15) is 11.1 Å². The number of halogens is 7. The van der Waals surface area contributed by atoms with Crippen LogP contribution in [0.25, 0.3) is 0 Å². The van der Waals surface area contributed by atoms with Crippen LogP contribution >= 0.6 is 159 Å². The van der Waals surface area contributed by atoms with Gasteiger partial charge in [0.25, 0.3) is 0 Å². The number of rotatable bonds is 3. The van der Waals surface area contributed by atoms with Gasteiger partial charge in [-0.1, -0.05) is 84.2 Å². The number of hydrogen-bond acceptors (Lipinski definition) is 5. The predicted molar refractivity (Wildman–Crippen MR) is 210 cm³/mol. The van der Waals surface area contributed by atoms with Gasteiger partial charge in [0.15, 0.2) is 0 Å². The maximum atomic E-state index is 5.53. The summed E-state index contributed by atoms with van der Waals surface area (Å²) in [6.07, 6.45) is 0. The molecule has 0 saturated carbocycles. The van der Waals surface area contributed by atoms with Gasteiger partial charge in [0, 0.05) is 51.9 Å². The van der Waals surface area contributed by atoms with Crippen molar-refractivity contribution < 1.29 is 49.8 Å². The normalized spacial score (nSPS) is 15.5. The standard InChI is InChI=1S/C11H16NS2.C7H7Cl.C4H9NS2.ClH.5HI.3V/c1-12(8-13-10-14-9-12)7-11-5-3-2-4-6-11;8-6-7-4-2-1-3-5-7;1-5-2-6-4-7-3-5;;;;;;;;;/h2-6H,7-10H2,1H3;1-5H,6H2;2-4H2,1H3;6*1H;;;/q+1;;;;;;;;;;+2;+3/p-6. The zero-order valence-corrected chi connectivity index (χ0v) is 40.7. The van der Waals surface area contributed by atoms with Gasteiger partial charge in [-0.25, -0.2) is 0 Å². The molecule has 0 amide bonds. The molecule has 16 heteroatoms. The van der Waals surface area contributed by atoms with Gasteiger partial charge in [0.1, 0.15) is 18.3 Å². The Balaban J connectivity index is -0.000000442. The third-order valence-corrected chi connectivity index (χ3v) is 10.0. The average Bonchev–Trinajstić information content (AvgIpc) is 2.87. The molecule has 0 bridgehead atoms. The summed E-state index contributed by atoms with van der Waals surface area (Å²) in [4.78, 5) is 2.04. The monoisotopic (exact) mass is 1310 g/mol. The Morgan fingerprint density at radius 1 is 0.842 bits per heavy atom. The molecule has 38 heavy (non-hydrogen) atoms. The molecule has 2 aromatic rings. The zero-order chi connectivity index (χ0) is 27.1. The van der Waals surface area contributed by atoms with Crippen LogP contribution in [0.2, 0.25) is 0 Å². The Kier molecular flexibility index (Phi) is 43.2. The van der Waals surface area contributed by atoms with E-state index in [2.05, 4.69) is 173 Å². The summed E-state index contributed by atoms with van der Waals surface area (Å²) in [6.45, 7) is 1.17. The van der Waals surface area contributed by atoms with Crippen LogP contribution in [0, 0.1) is 0 Å². The van der Waals surface area contributed by atoms with E-state index in [1.165, 1.54) is 55.8 Å². The number of thioether (sulfide) groups is 4. The molecule has 2 nitrogen and oxygen atoms in total. The molecule has 218 valence electrons. The molecule has 2 fully saturated rings. The van der Waals surface area contributed by atoms with Crippen LogP contribution in [0.15, 0.2) is 60.7 Å². The summed E-state index contributed by atoms with van der Waals surface area (Å²) in [7, 11) is 5.13. The first kappa shape index (κ1) is 48.1. The smallest absolute Gasteiger partial charge is 0 e. The Labute approximate surface area is 338 Å². The van der Waals surface area contributed by atoms with E-state index in [0.717, 1.165) is 0 Å². The van der Waals surface area contributed by atoms with Crippen molar-refractivity contribution >= 4 is 159 Å². The van der Waals surface area contributed by atoms with Gasteiger partial charge in [0.2, 0.25) is 0 Å². The summed E-state index contributed by atoms with van der Waals surface area (Å²) in [5.74, 6) is 5.55. The molecule has 2 heterocycles. The topological polar surface area (TPSA) is 3.24 Å². The van der Waals surface area contributed by atoms with Crippen LogP contribution in [-0.2, 0) is 45.4 Å². The summed E-state index contributed by atoms with van der Waals surface area (Å²) in [5, 5.41) is 2.55. The maximum absolute atomic E-state index is 5.53. The minimum absolute atomic E-state index is 0. The maximum Gasteiger partial charge on any atom is 0 e. The summed E-state index contributed by atoms with van der Waals surface area (Å²) >= 11 is 25.7.